The Kier molecular flexibility index (Phi) is 3.70. The summed E-state index contributed by atoms with van der Waals surface area (Å²) in [7, 11) is 0. The quantitative estimate of drug-likeness (QED) is 0.454. The van der Waals surface area contributed by atoms with E-state index in [4.69, 9.17) is 0 Å². The molecule has 0 aliphatic carbocycles. The van der Waals surface area contributed by atoms with Crippen molar-refractivity contribution in [2.24, 2.45) is 0 Å². The van der Waals surface area contributed by atoms with Gasteiger partial charge in [0.05, 0.1) is 16.2 Å². The lowest BCUT2D eigenvalue weighted by Gasteiger charge is -1.99. The van der Waals surface area contributed by atoms with Gasteiger partial charge < -0.3 is 0 Å². The van der Waals surface area contributed by atoms with Crippen molar-refractivity contribution in [1.29, 1.82) is 0 Å². The standard InChI is InChI=1S/C18H17N3O2/c1-12-6-4-8-16(10-12)20-14(3)18(13(2)19-20)15-7-5-9-17(11-15)21(22)23/h4-11H,1-3H3/p+1. The molecule has 1 aromatic heterocycles. The maximum Gasteiger partial charge on any atom is 0.270 e. The molecule has 0 aliphatic rings. The first-order valence-electron chi connectivity index (χ1n) is 7.40. The number of rotatable bonds is 3. The fourth-order valence-electron chi connectivity index (χ4n) is 2.92. The largest absolute Gasteiger partial charge is 0.270 e. The summed E-state index contributed by atoms with van der Waals surface area (Å²) in [5.41, 5.74) is 6.16. The molecule has 0 bridgehead atoms. The molecule has 5 heteroatoms. The fourth-order valence-corrected chi connectivity index (χ4v) is 2.92. The van der Waals surface area contributed by atoms with E-state index in [0.717, 1.165) is 28.2 Å². The molecule has 1 N–H and O–H groups in total. The van der Waals surface area contributed by atoms with Gasteiger partial charge in [0.2, 0.25) is 11.4 Å². The normalized spacial score (nSPS) is 10.7. The smallest absolute Gasteiger partial charge is 0.258 e. The maximum atomic E-state index is 11.0. The van der Waals surface area contributed by atoms with Crippen LogP contribution in [0.1, 0.15) is 17.0 Å². The van der Waals surface area contributed by atoms with E-state index >= 15 is 0 Å². The van der Waals surface area contributed by atoms with Crippen LogP contribution in [-0.2, 0) is 0 Å². The van der Waals surface area contributed by atoms with Gasteiger partial charge >= 0.3 is 0 Å². The summed E-state index contributed by atoms with van der Waals surface area (Å²) in [6, 6.07) is 14.9. The van der Waals surface area contributed by atoms with Crippen LogP contribution in [0.4, 0.5) is 5.69 Å². The Labute approximate surface area is 134 Å². The van der Waals surface area contributed by atoms with Crippen LogP contribution in [0.25, 0.3) is 16.8 Å². The van der Waals surface area contributed by atoms with E-state index in [2.05, 4.69) is 24.2 Å². The summed E-state index contributed by atoms with van der Waals surface area (Å²) in [4.78, 5) is 10.6. The van der Waals surface area contributed by atoms with E-state index in [1.807, 2.05) is 36.7 Å². The predicted octanol–water partition coefficient (Wildman–Crippen LogP) is 3.79. The number of nitrogens with zero attached hydrogens (tertiary/aromatic N) is 2. The van der Waals surface area contributed by atoms with Crippen molar-refractivity contribution in [1.82, 2.24) is 5.10 Å². The Morgan fingerprint density at radius 1 is 1.04 bits per heavy atom. The van der Waals surface area contributed by atoms with Crippen LogP contribution in [0.3, 0.4) is 0 Å². The minimum atomic E-state index is -0.366. The van der Waals surface area contributed by atoms with Gasteiger partial charge in [-0.25, -0.2) is 0 Å². The molecule has 5 nitrogen and oxygen atoms in total. The van der Waals surface area contributed by atoms with Crippen molar-refractivity contribution >= 4 is 5.69 Å². The Morgan fingerprint density at radius 3 is 2.48 bits per heavy atom. The SMILES string of the molecule is Cc1cccc(-[n+]2[nH]c(C)c(-c3cccc([N+](=O)[O-])c3)c2C)c1. The molecular weight excluding hydrogens is 290 g/mol. The molecular formula is C18H18N3O2+. The van der Waals surface area contributed by atoms with Gasteiger partial charge in [-0.2, -0.15) is 5.10 Å². The van der Waals surface area contributed by atoms with Crippen LogP contribution in [-0.4, -0.2) is 10.0 Å². The number of aryl methyl sites for hydroxylation is 2. The van der Waals surface area contributed by atoms with Crippen LogP contribution >= 0.6 is 0 Å². The highest BCUT2D eigenvalue weighted by molar-refractivity contribution is 5.69. The second-order valence-electron chi connectivity index (χ2n) is 5.68. The molecule has 0 unspecified atom stereocenters. The molecule has 0 aliphatic heterocycles. The second-order valence-corrected chi connectivity index (χ2v) is 5.68. The van der Waals surface area contributed by atoms with Gasteiger partial charge in [-0.15, -0.1) is 0 Å². The zero-order valence-electron chi connectivity index (χ0n) is 13.3. The van der Waals surface area contributed by atoms with Gasteiger partial charge in [0.25, 0.3) is 5.69 Å². The lowest BCUT2D eigenvalue weighted by Crippen LogP contribution is -2.35. The molecule has 0 fully saturated rings. The van der Waals surface area contributed by atoms with E-state index in [0.29, 0.717) is 0 Å². The lowest BCUT2D eigenvalue weighted by molar-refractivity contribution is -0.661. The molecule has 3 aromatic rings. The Morgan fingerprint density at radius 2 is 1.78 bits per heavy atom. The van der Waals surface area contributed by atoms with E-state index in [1.165, 1.54) is 11.6 Å². The number of aromatic amines is 1. The van der Waals surface area contributed by atoms with Gasteiger partial charge in [-0.3, -0.25) is 10.1 Å². The van der Waals surface area contributed by atoms with Crippen molar-refractivity contribution < 1.29 is 9.61 Å². The average molecular weight is 308 g/mol. The van der Waals surface area contributed by atoms with E-state index in [-0.39, 0.29) is 10.6 Å². The molecule has 2 aromatic carbocycles. The first-order chi connectivity index (χ1) is 11.0. The monoisotopic (exact) mass is 308 g/mol. The van der Waals surface area contributed by atoms with Crippen LogP contribution in [0.15, 0.2) is 48.5 Å². The topological polar surface area (TPSA) is 62.8 Å². The summed E-state index contributed by atoms with van der Waals surface area (Å²) >= 11 is 0. The fraction of sp³-hybridized carbons (Fsp3) is 0.167. The van der Waals surface area contributed by atoms with Crippen LogP contribution < -0.4 is 4.68 Å². The molecule has 0 atom stereocenters. The number of nitro benzene ring substituents is 1. The minimum absolute atomic E-state index is 0.101. The third-order valence-corrected chi connectivity index (χ3v) is 3.96. The first kappa shape index (κ1) is 15.0. The molecule has 3 rings (SSSR count). The third kappa shape index (κ3) is 2.73. The van der Waals surface area contributed by atoms with Crippen LogP contribution in [0.5, 0.6) is 0 Å². The number of nitro groups is 1. The minimum Gasteiger partial charge on any atom is -0.258 e. The maximum absolute atomic E-state index is 11.0. The molecule has 0 saturated heterocycles. The highest BCUT2D eigenvalue weighted by atomic mass is 16.6. The van der Waals surface area contributed by atoms with E-state index < -0.39 is 0 Å². The summed E-state index contributed by atoms with van der Waals surface area (Å²) in [5, 5.41) is 14.4. The van der Waals surface area contributed by atoms with Crippen molar-refractivity contribution in [3.63, 3.8) is 0 Å². The molecule has 23 heavy (non-hydrogen) atoms. The summed E-state index contributed by atoms with van der Waals surface area (Å²) in [6.07, 6.45) is 0. The number of hydrogen-bond donors (Lipinski definition) is 1. The van der Waals surface area contributed by atoms with Gasteiger partial charge in [-0.05, 0) is 25.0 Å². The molecule has 1 heterocycles. The number of non-ortho nitro benzene ring substituents is 1. The Bertz CT molecular complexity index is 897. The van der Waals surface area contributed by atoms with Crippen molar-refractivity contribution in [3.05, 3.63) is 75.6 Å². The number of aromatic nitrogens is 2. The highest BCUT2D eigenvalue weighted by Crippen LogP contribution is 2.28. The predicted molar refractivity (Wildman–Crippen MR) is 88.6 cm³/mol. The van der Waals surface area contributed by atoms with Crippen molar-refractivity contribution in [3.8, 4) is 16.8 Å². The Hall–Kier alpha value is -2.95. The molecule has 0 radical (unpaired) electrons. The molecule has 0 amide bonds. The molecule has 0 saturated carbocycles. The van der Waals surface area contributed by atoms with Crippen LogP contribution in [0, 0.1) is 30.9 Å². The zero-order chi connectivity index (χ0) is 16.6. The number of benzene rings is 2. The highest BCUT2D eigenvalue weighted by Gasteiger charge is 2.23. The van der Waals surface area contributed by atoms with E-state index in [1.54, 1.807) is 12.1 Å². The lowest BCUT2D eigenvalue weighted by atomic mass is 10.0. The van der Waals surface area contributed by atoms with Gasteiger partial charge in [-0.1, -0.05) is 28.9 Å². The molecule has 116 valence electrons. The second kappa shape index (κ2) is 5.68. The number of nitrogens with one attached hydrogen (secondary N) is 1. The number of H-pyrrole nitrogens is 1. The average Bonchev–Trinajstić information content (AvgIpc) is 2.82. The van der Waals surface area contributed by atoms with Gasteiger partial charge in [0.1, 0.15) is 0 Å². The van der Waals surface area contributed by atoms with Crippen molar-refractivity contribution in [2.45, 2.75) is 20.8 Å². The number of hydrogen-bond acceptors (Lipinski definition) is 2. The zero-order valence-corrected chi connectivity index (χ0v) is 13.3. The van der Waals surface area contributed by atoms with Gasteiger partial charge in [0, 0.05) is 31.2 Å². The third-order valence-electron chi connectivity index (χ3n) is 3.96. The first-order valence-corrected chi connectivity index (χ1v) is 7.40. The molecule has 0 spiro atoms. The van der Waals surface area contributed by atoms with Crippen LogP contribution in [0.2, 0.25) is 0 Å². The Balaban J connectivity index is 2.15. The summed E-state index contributed by atoms with van der Waals surface area (Å²) < 4.78 is 2.01. The summed E-state index contributed by atoms with van der Waals surface area (Å²) in [6.45, 7) is 6.05. The van der Waals surface area contributed by atoms with E-state index in [9.17, 15) is 10.1 Å². The van der Waals surface area contributed by atoms with Crippen molar-refractivity contribution in [2.75, 3.05) is 0 Å². The summed E-state index contributed by atoms with van der Waals surface area (Å²) in [5.74, 6) is 0. The van der Waals surface area contributed by atoms with Gasteiger partial charge in [0.15, 0.2) is 0 Å².